The molecule has 0 unspecified atom stereocenters. The van der Waals surface area contributed by atoms with Gasteiger partial charge in [0.2, 0.25) is 0 Å². The predicted octanol–water partition coefficient (Wildman–Crippen LogP) is 2.38. The van der Waals surface area contributed by atoms with Crippen molar-refractivity contribution in [3.05, 3.63) is 0 Å². The van der Waals surface area contributed by atoms with Crippen LogP contribution in [0.2, 0.25) is 0 Å². The highest BCUT2D eigenvalue weighted by molar-refractivity contribution is 8.19. The molecule has 4 heteroatoms. The van der Waals surface area contributed by atoms with Crippen LogP contribution in [0.25, 0.3) is 0 Å². The Morgan fingerprint density at radius 2 is 1.75 bits per heavy atom. The van der Waals surface area contributed by atoms with E-state index in [1.807, 2.05) is 20.8 Å². The number of ether oxygens (including phenoxy) is 1. The second-order valence-corrected chi connectivity index (χ2v) is 5.93. The average molecular weight is 208 g/mol. The molecule has 0 saturated heterocycles. The Kier molecular flexibility index (Phi) is 5.84. The second-order valence-electron chi connectivity index (χ2n) is 2.30. The molecule has 0 aromatic carbocycles. The number of thioether (sulfide) groups is 2. The van der Waals surface area contributed by atoms with Crippen LogP contribution in [0.4, 0.5) is 0 Å². The summed E-state index contributed by atoms with van der Waals surface area (Å²) >= 11 is 3.25. The summed E-state index contributed by atoms with van der Waals surface area (Å²) < 4.78 is 4.32. The molecular weight excluding hydrogens is 192 g/mol. The van der Waals surface area contributed by atoms with Gasteiger partial charge >= 0.3 is 5.97 Å². The number of hydrogen-bond acceptors (Lipinski definition) is 4. The van der Waals surface area contributed by atoms with Gasteiger partial charge in [-0.3, -0.25) is 0 Å². The van der Waals surface area contributed by atoms with Gasteiger partial charge < -0.3 is 4.74 Å². The maximum Gasteiger partial charge on any atom is 0.331 e. The lowest BCUT2D eigenvalue weighted by Crippen LogP contribution is -2.29. The summed E-state index contributed by atoms with van der Waals surface area (Å²) in [4.78, 5) is 11.3. The fourth-order valence-electron chi connectivity index (χ4n) is 0.896. The quantitative estimate of drug-likeness (QED) is 0.512. The first-order valence-electron chi connectivity index (χ1n) is 3.97. The third kappa shape index (κ3) is 3.27. The molecule has 0 atom stereocenters. The molecule has 0 amide bonds. The zero-order chi connectivity index (χ0) is 9.61. The molecule has 0 aromatic rings. The van der Waals surface area contributed by atoms with Gasteiger partial charge in [-0.1, -0.05) is 13.8 Å². The molecule has 0 rings (SSSR count). The van der Waals surface area contributed by atoms with Crippen molar-refractivity contribution in [2.75, 3.05) is 18.6 Å². The SMILES string of the molecule is CCSC(C)(SCC)C(=O)OC. The van der Waals surface area contributed by atoms with Crippen molar-refractivity contribution in [2.45, 2.75) is 24.9 Å². The van der Waals surface area contributed by atoms with Crippen LogP contribution in [0.5, 0.6) is 0 Å². The van der Waals surface area contributed by atoms with Gasteiger partial charge in [0.05, 0.1) is 7.11 Å². The van der Waals surface area contributed by atoms with Crippen LogP contribution >= 0.6 is 23.5 Å². The van der Waals surface area contributed by atoms with E-state index in [0.717, 1.165) is 11.5 Å². The summed E-state index contributed by atoms with van der Waals surface area (Å²) in [5, 5.41) is 0. The molecule has 0 saturated carbocycles. The fraction of sp³-hybridized carbons (Fsp3) is 0.875. The lowest BCUT2D eigenvalue weighted by atomic mass is 10.5. The molecule has 0 bridgehead atoms. The van der Waals surface area contributed by atoms with E-state index in [0.29, 0.717) is 0 Å². The maximum absolute atomic E-state index is 11.3. The molecular formula is C8H16O2S2. The Labute approximate surface area is 82.8 Å². The van der Waals surface area contributed by atoms with Crippen molar-refractivity contribution in [2.24, 2.45) is 0 Å². The number of carbonyl (C=O) groups excluding carboxylic acids is 1. The molecule has 0 aliphatic rings. The van der Waals surface area contributed by atoms with E-state index in [-0.39, 0.29) is 5.97 Å². The molecule has 0 fully saturated rings. The summed E-state index contributed by atoms with van der Waals surface area (Å²) in [5.74, 6) is 1.72. The van der Waals surface area contributed by atoms with Crippen molar-refractivity contribution in [3.63, 3.8) is 0 Å². The Balaban J connectivity index is 4.26. The normalized spacial score (nSPS) is 11.3. The minimum absolute atomic E-state index is 0.138. The van der Waals surface area contributed by atoms with Crippen LogP contribution in [-0.4, -0.2) is 28.7 Å². The van der Waals surface area contributed by atoms with Crippen molar-refractivity contribution < 1.29 is 9.53 Å². The Bertz CT molecular complexity index is 142. The fourth-order valence-corrected chi connectivity index (χ4v) is 3.44. The number of rotatable bonds is 5. The van der Waals surface area contributed by atoms with Crippen LogP contribution in [0.3, 0.4) is 0 Å². The molecule has 0 aromatic heterocycles. The molecule has 2 nitrogen and oxygen atoms in total. The van der Waals surface area contributed by atoms with Gasteiger partial charge in [0, 0.05) is 0 Å². The molecule has 12 heavy (non-hydrogen) atoms. The first-order valence-corrected chi connectivity index (χ1v) is 5.94. The number of carbonyl (C=O) groups is 1. The smallest absolute Gasteiger partial charge is 0.331 e. The number of hydrogen-bond donors (Lipinski definition) is 0. The van der Waals surface area contributed by atoms with Gasteiger partial charge in [0.25, 0.3) is 0 Å². The summed E-state index contributed by atoms with van der Waals surface area (Å²) in [6.07, 6.45) is 0. The predicted molar refractivity (Wildman–Crippen MR) is 56.7 cm³/mol. The van der Waals surface area contributed by atoms with Crippen molar-refractivity contribution in [3.8, 4) is 0 Å². The van der Waals surface area contributed by atoms with Crippen molar-refractivity contribution in [1.29, 1.82) is 0 Å². The lowest BCUT2D eigenvalue weighted by Gasteiger charge is -2.23. The van der Waals surface area contributed by atoms with E-state index in [1.165, 1.54) is 7.11 Å². The molecule has 0 aliphatic carbocycles. The maximum atomic E-state index is 11.3. The van der Waals surface area contributed by atoms with Gasteiger partial charge in [0.1, 0.15) is 0 Å². The second kappa shape index (κ2) is 5.75. The molecule has 0 heterocycles. The van der Waals surface area contributed by atoms with Crippen LogP contribution in [0.15, 0.2) is 0 Å². The minimum Gasteiger partial charge on any atom is -0.467 e. The summed E-state index contributed by atoms with van der Waals surface area (Å²) in [5.41, 5.74) is 0. The summed E-state index contributed by atoms with van der Waals surface area (Å²) in [6, 6.07) is 0. The van der Waals surface area contributed by atoms with E-state index in [2.05, 4.69) is 0 Å². The van der Waals surface area contributed by atoms with E-state index in [4.69, 9.17) is 4.74 Å². The molecule has 0 spiro atoms. The number of methoxy groups -OCH3 is 1. The molecule has 0 aliphatic heterocycles. The lowest BCUT2D eigenvalue weighted by molar-refractivity contribution is -0.140. The zero-order valence-corrected chi connectivity index (χ0v) is 9.68. The van der Waals surface area contributed by atoms with E-state index < -0.39 is 4.08 Å². The topological polar surface area (TPSA) is 26.3 Å². The summed E-state index contributed by atoms with van der Waals surface area (Å²) in [6.45, 7) is 6.01. The van der Waals surface area contributed by atoms with Gasteiger partial charge in [-0.05, 0) is 18.4 Å². The van der Waals surface area contributed by atoms with Crippen LogP contribution in [0.1, 0.15) is 20.8 Å². The highest BCUT2D eigenvalue weighted by Crippen LogP contribution is 2.37. The Morgan fingerprint density at radius 1 is 1.33 bits per heavy atom. The minimum atomic E-state index is -0.418. The van der Waals surface area contributed by atoms with Crippen LogP contribution in [0, 0.1) is 0 Å². The Morgan fingerprint density at radius 3 is 2.00 bits per heavy atom. The van der Waals surface area contributed by atoms with Gasteiger partial charge in [-0.25, -0.2) is 4.79 Å². The van der Waals surface area contributed by atoms with Crippen molar-refractivity contribution in [1.82, 2.24) is 0 Å². The van der Waals surface area contributed by atoms with Crippen molar-refractivity contribution >= 4 is 29.5 Å². The first-order chi connectivity index (χ1) is 5.60. The highest BCUT2D eigenvalue weighted by Gasteiger charge is 2.34. The molecule has 0 radical (unpaired) electrons. The summed E-state index contributed by atoms with van der Waals surface area (Å²) in [7, 11) is 1.44. The van der Waals surface area contributed by atoms with Crippen LogP contribution in [-0.2, 0) is 9.53 Å². The van der Waals surface area contributed by atoms with E-state index >= 15 is 0 Å². The van der Waals surface area contributed by atoms with E-state index in [1.54, 1.807) is 23.5 Å². The highest BCUT2D eigenvalue weighted by atomic mass is 32.2. The standard InChI is InChI=1S/C8H16O2S2/c1-5-11-8(3,12-6-2)7(9)10-4/h5-6H2,1-4H3. The number of esters is 1. The largest absolute Gasteiger partial charge is 0.467 e. The molecule has 0 N–H and O–H groups in total. The monoisotopic (exact) mass is 208 g/mol. The van der Waals surface area contributed by atoms with E-state index in [9.17, 15) is 4.79 Å². The average Bonchev–Trinajstić information content (AvgIpc) is 2.04. The first kappa shape index (κ1) is 12.2. The van der Waals surface area contributed by atoms with Gasteiger partial charge in [-0.15, -0.1) is 23.5 Å². The third-order valence-corrected chi connectivity index (χ3v) is 4.12. The van der Waals surface area contributed by atoms with Gasteiger partial charge in [0.15, 0.2) is 4.08 Å². The zero-order valence-electron chi connectivity index (χ0n) is 8.05. The Hall–Kier alpha value is 0.170. The third-order valence-electron chi connectivity index (χ3n) is 1.40. The molecule has 72 valence electrons. The van der Waals surface area contributed by atoms with Crippen LogP contribution < -0.4 is 0 Å². The van der Waals surface area contributed by atoms with Gasteiger partial charge in [-0.2, -0.15) is 0 Å².